The molecule has 17 rings (SSSR count). The van der Waals surface area contributed by atoms with Gasteiger partial charge in [-0.15, -0.1) is 0 Å². The van der Waals surface area contributed by atoms with Crippen LogP contribution < -0.4 is 21.8 Å². The van der Waals surface area contributed by atoms with E-state index in [4.69, 9.17) is 29.9 Å². The van der Waals surface area contributed by atoms with Crippen molar-refractivity contribution in [3.8, 4) is 11.1 Å². The monoisotopic (exact) mass is 1150 g/mol. The molecule has 12 bridgehead atoms. The summed E-state index contributed by atoms with van der Waals surface area (Å²) in [5.74, 6) is 7.33. The molecule has 12 fully saturated rings. The molecule has 5 aromatic rings. The van der Waals surface area contributed by atoms with E-state index >= 15 is 0 Å². The predicted octanol–water partition coefficient (Wildman–Crippen LogP) is 10.9. The van der Waals surface area contributed by atoms with Crippen molar-refractivity contribution in [3.63, 3.8) is 0 Å². The maximum absolute atomic E-state index is 13.1. The summed E-state index contributed by atoms with van der Waals surface area (Å²) in [6, 6.07) is 19.9. The van der Waals surface area contributed by atoms with Crippen LogP contribution in [0.5, 0.6) is 0 Å². The number of aromatic nitrogens is 3. The molecule has 2 amide bonds. The van der Waals surface area contributed by atoms with E-state index in [1.54, 1.807) is 31.2 Å². The molecular weight excluding hydrogens is 1070 g/mol. The molecule has 0 radical (unpaired) electrons. The summed E-state index contributed by atoms with van der Waals surface area (Å²) in [4.78, 5) is 35.7. The molecule has 2 aromatic carbocycles. The number of halogens is 1. The minimum atomic E-state index is -1.34. The van der Waals surface area contributed by atoms with Gasteiger partial charge in [-0.25, -0.2) is 4.79 Å². The van der Waals surface area contributed by atoms with Gasteiger partial charge in [0.05, 0.1) is 26.2 Å². The van der Waals surface area contributed by atoms with E-state index in [0.29, 0.717) is 28.2 Å². The Hall–Kier alpha value is -4.85. The Labute approximate surface area is 462 Å². The van der Waals surface area contributed by atoms with Crippen LogP contribution >= 0.6 is 22.6 Å². The molecule has 7 N–H and O–H groups in total. The van der Waals surface area contributed by atoms with Crippen molar-refractivity contribution < 1.29 is 43.1 Å². The molecular formula is C59H80BIN6O9. The number of aryl methyl sites for hydroxylation is 3. The Bertz CT molecular complexity index is 2670. The first kappa shape index (κ1) is 57.3. The quantitative estimate of drug-likeness (QED) is 0.0657. The zero-order valence-corrected chi connectivity index (χ0v) is 45.1. The fourth-order valence-electron chi connectivity index (χ4n) is 16.4. The molecule has 3 aromatic heterocycles. The molecule has 0 saturated heterocycles. The van der Waals surface area contributed by atoms with E-state index in [1.807, 2.05) is 50.2 Å². The van der Waals surface area contributed by atoms with Gasteiger partial charge in [0.2, 0.25) is 17.3 Å². The van der Waals surface area contributed by atoms with Gasteiger partial charge in [-0.05, 0) is 223 Å². The number of nitrogens with one attached hydrogen (secondary N) is 2. The van der Waals surface area contributed by atoms with Gasteiger partial charge >= 0.3 is 13.1 Å². The molecule has 0 spiro atoms. The maximum atomic E-state index is 13.1. The van der Waals surface area contributed by atoms with Gasteiger partial charge in [0, 0.05) is 22.7 Å². The van der Waals surface area contributed by atoms with Crippen LogP contribution in [0.25, 0.3) is 11.1 Å². The molecule has 0 unspecified atom stereocenters. The van der Waals surface area contributed by atoms with Crippen molar-refractivity contribution in [1.29, 1.82) is 0 Å². The number of amides is 2. The summed E-state index contributed by atoms with van der Waals surface area (Å²) < 4.78 is 15.9. The number of benzene rings is 2. The van der Waals surface area contributed by atoms with E-state index in [0.717, 1.165) is 118 Å². The summed E-state index contributed by atoms with van der Waals surface area (Å²) in [6.45, 7) is 5.43. The number of hydrogen-bond donors (Lipinski definition) is 6. The SMILES string of the molecule is C.C.Cc1cc(C(=O)O)on1.Cc1noc(C(=O)NC23CC4CC(CC(C4)C2)C3)c1-c1ccccc1.Cc1noc(C(=O)NC23CC4CC(CC(C4)C2)C3)c1I.NC12CC3CC(CC(C3)C1)C2.OB(O)c1ccccc1. The lowest BCUT2D eigenvalue weighted by Crippen LogP contribution is -2.59. The molecule has 76 heavy (non-hydrogen) atoms. The van der Waals surface area contributed by atoms with Crippen molar-refractivity contribution in [2.45, 2.75) is 168 Å². The number of carboxylic acids is 1. The van der Waals surface area contributed by atoms with E-state index in [9.17, 15) is 14.4 Å². The van der Waals surface area contributed by atoms with Crippen LogP contribution in [0, 0.1) is 77.6 Å². The van der Waals surface area contributed by atoms with Crippen molar-refractivity contribution in [3.05, 3.63) is 105 Å². The summed E-state index contributed by atoms with van der Waals surface area (Å²) >= 11 is 2.14. The molecule has 3 heterocycles. The maximum Gasteiger partial charge on any atom is 0.488 e. The Kier molecular flexibility index (Phi) is 17.8. The van der Waals surface area contributed by atoms with E-state index in [-0.39, 0.29) is 43.5 Å². The minimum absolute atomic E-state index is 0. The van der Waals surface area contributed by atoms with Crippen LogP contribution in [0.4, 0.5) is 0 Å². The van der Waals surface area contributed by atoms with Gasteiger partial charge in [0.15, 0.2) is 0 Å². The lowest BCUT2D eigenvalue weighted by Gasteiger charge is -2.56. The highest BCUT2D eigenvalue weighted by Gasteiger charge is 2.54. The highest BCUT2D eigenvalue weighted by molar-refractivity contribution is 14.1. The average Bonchev–Trinajstić information content (AvgIpc) is 4.07. The Morgan fingerprint density at radius 2 is 0.961 bits per heavy atom. The van der Waals surface area contributed by atoms with Crippen molar-refractivity contribution in [2.75, 3.05) is 0 Å². The molecule has 12 aliphatic carbocycles. The predicted molar refractivity (Wildman–Crippen MR) is 300 cm³/mol. The second kappa shape index (κ2) is 23.6. The minimum Gasteiger partial charge on any atom is -0.475 e. The second-order valence-corrected chi connectivity index (χ2v) is 25.3. The third kappa shape index (κ3) is 13.0. The molecule has 12 saturated carbocycles. The molecule has 17 heteroatoms. The van der Waals surface area contributed by atoms with Crippen LogP contribution in [-0.2, 0) is 0 Å². The van der Waals surface area contributed by atoms with Crippen molar-refractivity contribution in [1.82, 2.24) is 26.1 Å². The van der Waals surface area contributed by atoms with Crippen LogP contribution in [-0.4, -0.2) is 72.1 Å². The van der Waals surface area contributed by atoms with Gasteiger partial charge in [-0.2, -0.15) is 0 Å². The van der Waals surface area contributed by atoms with Crippen molar-refractivity contribution >= 4 is 53.0 Å². The number of carbonyl (C=O) groups is 3. The average molecular weight is 1160 g/mol. The zero-order valence-electron chi connectivity index (χ0n) is 42.9. The summed E-state index contributed by atoms with van der Waals surface area (Å²) in [5, 5.41) is 43.5. The van der Waals surface area contributed by atoms with Crippen molar-refractivity contribution in [2.24, 2.45) is 59.0 Å². The van der Waals surface area contributed by atoms with Crippen LogP contribution in [0.2, 0.25) is 0 Å². The van der Waals surface area contributed by atoms with Gasteiger partial charge in [-0.1, -0.05) is 91.0 Å². The summed E-state index contributed by atoms with van der Waals surface area (Å²) in [5.41, 5.74) is 11.1. The first-order valence-corrected chi connectivity index (χ1v) is 28.1. The Balaban J connectivity index is 0.000000134. The zero-order chi connectivity index (χ0) is 51.9. The summed E-state index contributed by atoms with van der Waals surface area (Å²) in [6.07, 6.45) is 23.7. The number of rotatable bonds is 7. The first-order valence-electron chi connectivity index (χ1n) is 27.1. The lowest BCUT2D eigenvalue weighted by molar-refractivity contribution is -0.0176. The standard InChI is InChI=1S/C21H24N2O2.C15H19IN2O2.C10H17N.C6H7BO2.C5H5NO3.2CH4/c1-13-18(17-5-3-2-4-6-17)19(25-23-13)20(24)22-21-10-14-7-15(11-21)9-16(8-14)12-21;1-8-12(16)13(20-18-8)14(19)17-15-5-9-2-10(6-15)4-11(3-9)7-15;11-10-4-7-1-8(5-10)3-9(2-7)6-10;8-7(9)6-4-2-1-3-5-6;1-3-2-4(5(7)8)9-6-3;;/h2-6,14-16H,7-12H2,1H3,(H,22,24);9-11H,2-7H2,1H3,(H,17,19);7-9H,1-6,11H2;1-5,8-9H;2H,1H3,(H,7,8);2*1H4. The van der Waals surface area contributed by atoms with Gasteiger partial charge in [-0.3, -0.25) is 9.59 Å². The number of nitrogens with two attached hydrogens (primary N) is 1. The topological polar surface area (TPSA) is 240 Å². The smallest absolute Gasteiger partial charge is 0.475 e. The molecule has 0 aliphatic heterocycles. The van der Waals surface area contributed by atoms with E-state index < -0.39 is 13.1 Å². The fraction of sp³-hybridized carbons (Fsp3) is 0.593. The number of carboxylic acid groups (broad SMARTS) is 1. The molecule has 15 nitrogen and oxygen atoms in total. The lowest BCUT2D eigenvalue weighted by atomic mass is 9.53. The highest BCUT2D eigenvalue weighted by atomic mass is 127. The van der Waals surface area contributed by atoms with Crippen LogP contribution in [0.15, 0.2) is 80.3 Å². The third-order valence-corrected chi connectivity index (χ3v) is 19.3. The number of nitrogens with zero attached hydrogens (tertiary/aromatic N) is 3. The van der Waals surface area contributed by atoms with Crippen LogP contribution in [0.3, 0.4) is 0 Å². The number of aromatic carboxylic acids is 1. The number of hydrogen-bond acceptors (Lipinski definition) is 12. The fourth-order valence-corrected chi connectivity index (χ4v) is 16.8. The van der Waals surface area contributed by atoms with Gasteiger partial charge in [0.1, 0.15) is 0 Å². The third-order valence-electron chi connectivity index (χ3n) is 18.0. The molecule has 0 atom stereocenters. The Morgan fingerprint density at radius 3 is 1.29 bits per heavy atom. The number of carbonyl (C=O) groups excluding carboxylic acids is 2. The van der Waals surface area contributed by atoms with Crippen LogP contribution in [0.1, 0.15) is 179 Å². The molecule has 410 valence electrons. The second-order valence-electron chi connectivity index (χ2n) is 24.3. The largest absolute Gasteiger partial charge is 0.488 e. The van der Waals surface area contributed by atoms with Gasteiger partial charge in [0.25, 0.3) is 11.8 Å². The highest BCUT2D eigenvalue weighted by Crippen LogP contribution is 2.57. The molecule has 12 aliphatic rings. The normalized spacial score (nSPS) is 31.8. The van der Waals surface area contributed by atoms with E-state index in [1.165, 1.54) is 83.1 Å². The Morgan fingerprint density at radius 1 is 0.579 bits per heavy atom. The summed E-state index contributed by atoms with van der Waals surface area (Å²) in [7, 11) is -1.34. The van der Waals surface area contributed by atoms with Gasteiger partial charge < -0.3 is 45.1 Å². The van der Waals surface area contributed by atoms with E-state index in [2.05, 4.69) is 53.2 Å². The first-order chi connectivity index (χ1) is 35.4.